The van der Waals surface area contributed by atoms with E-state index in [4.69, 9.17) is 9.15 Å². The second-order valence-electron chi connectivity index (χ2n) is 6.58. The Morgan fingerprint density at radius 2 is 2.26 bits per heavy atom. The quantitative estimate of drug-likeness (QED) is 0.798. The predicted octanol–water partition coefficient (Wildman–Crippen LogP) is 2.92. The van der Waals surface area contributed by atoms with E-state index in [1.165, 1.54) is 0 Å². The first-order valence-electron chi connectivity index (χ1n) is 8.21. The number of rotatable bonds is 7. The molecule has 2 heterocycles. The van der Waals surface area contributed by atoms with Gasteiger partial charge in [0, 0.05) is 18.6 Å². The summed E-state index contributed by atoms with van der Waals surface area (Å²) in [6.45, 7) is 8.35. The summed E-state index contributed by atoms with van der Waals surface area (Å²) in [5.41, 5.74) is 0. The van der Waals surface area contributed by atoms with Gasteiger partial charge >= 0.3 is 0 Å². The van der Waals surface area contributed by atoms with Crippen molar-refractivity contribution >= 4 is 18.3 Å². The van der Waals surface area contributed by atoms with Crippen LogP contribution in [0.3, 0.4) is 0 Å². The number of ether oxygens (including phenoxy) is 1. The lowest BCUT2D eigenvalue weighted by Gasteiger charge is -2.28. The Hall–Kier alpha value is -1.04. The van der Waals surface area contributed by atoms with Gasteiger partial charge in [-0.25, -0.2) is 0 Å². The summed E-state index contributed by atoms with van der Waals surface area (Å²) in [6.07, 6.45) is 3.39. The third-order valence-electron chi connectivity index (χ3n) is 3.93. The van der Waals surface area contributed by atoms with E-state index in [1.54, 1.807) is 6.26 Å². The van der Waals surface area contributed by atoms with Gasteiger partial charge in [0.2, 0.25) is 5.91 Å². The standard InChI is InChI=1S/C17H28N2O3.ClH/c1-12(2)10-21-11-15(16-5-4-8-22-16)19-17(20)14-6-7-18-13(3)9-14;/h4-5,8,12-15,18H,6-7,9-11H2,1-3H3,(H,19,20);1H/t13-,14-,15?;/m0./s1. The fraction of sp³-hybridized carbons (Fsp3) is 0.706. The molecule has 1 aliphatic rings. The maximum Gasteiger partial charge on any atom is 0.223 e. The largest absolute Gasteiger partial charge is 0.467 e. The van der Waals surface area contributed by atoms with E-state index >= 15 is 0 Å². The van der Waals surface area contributed by atoms with Gasteiger partial charge in [0.05, 0.1) is 12.9 Å². The Balaban J connectivity index is 0.00000264. The smallest absolute Gasteiger partial charge is 0.223 e. The van der Waals surface area contributed by atoms with Gasteiger partial charge in [0.1, 0.15) is 11.8 Å². The molecule has 0 radical (unpaired) electrons. The molecule has 1 aromatic rings. The van der Waals surface area contributed by atoms with E-state index in [-0.39, 0.29) is 30.3 Å². The van der Waals surface area contributed by atoms with Crippen molar-refractivity contribution in [3.63, 3.8) is 0 Å². The van der Waals surface area contributed by atoms with E-state index in [0.29, 0.717) is 25.2 Å². The average molecular weight is 345 g/mol. The second kappa shape index (κ2) is 9.96. The van der Waals surface area contributed by atoms with Crippen molar-refractivity contribution in [3.05, 3.63) is 24.2 Å². The lowest BCUT2D eigenvalue weighted by molar-refractivity contribution is -0.127. The number of nitrogens with one attached hydrogen (secondary N) is 2. The van der Waals surface area contributed by atoms with Crippen molar-refractivity contribution in [1.29, 1.82) is 0 Å². The van der Waals surface area contributed by atoms with Gasteiger partial charge in [-0.15, -0.1) is 12.4 Å². The van der Waals surface area contributed by atoms with E-state index < -0.39 is 0 Å². The zero-order chi connectivity index (χ0) is 15.9. The van der Waals surface area contributed by atoms with Gasteiger partial charge in [-0.2, -0.15) is 0 Å². The molecule has 23 heavy (non-hydrogen) atoms. The van der Waals surface area contributed by atoms with Crippen LogP contribution in [0.2, 0.25) is 0 Å². The summed E-state index contributed by atoms with van der Waals surface area (Å²) >= 11 is 0. The molecule has 0 spiro atoms. The van der Waals surface area contributed by atoms with Crippen LogP contribution in [-0.2, 0) is 9.53 Å². The van der Waals surface area contributed by atoms with Crippen LogP contribution in [0, 0.1) is 11.8 Å². The third kappa shape index (κ3) is 6.53. The Kier molecular flexibility index (Phi) is 8.66. The predicted molar refractivity (Wildman–Crippen MR) is 92.7 cm³/mol. The maximum atomic E-state index is 12.5. The van der Waals surface area contributed by atoms with Crippen LogP contribution in [0.25, 0.3) is 0 Å². The van der Waals surface area contributed by atoms with Crippen LogP contribution in [-0.4, -0.2) is 31.7 Å². The Morgan fingerprint density at radius 1 is 1.48 bits per heavy atom. The maximum absolute atomic E-state index is 12.5. The SMILES string of the molecule is CC(C)COCC(NC(=O)[C@H]1CCN[C@@H](C)C1)c1ccco1.Cl. The van der Waals surface area contributed by atoms with Gasteiger partial charge in [0.25, 0.3) is 0 Å². The molecule has 132 valence electrons. The van der Waals surface area contributed by atoms with E-state index in [1.807, 2.05) is 12.1 Å². The number of piperidine rings is 1. The lowest BCUT2D eigenvalue weighted by atomic mass is 9.92. The van der Waals surface area contributed by atoms with Crippen molar-refractivity contribution in [1.82, 2.24) is 10.6 Å². The van der Waals surface area contributed by atoms with E-state index in [2.05, 4.69) is 31.4 Å². The summed E-state index contributed by atoms with van der Waals surface area (Å²) in [7, 11) is 0. The highest BCUT2D eigenvalue weighted by Crippen LogP contribution is 2.20. The number of furan rings is 1. The van der Waals surface area contributed by atoms with Crippen LogP contribution >= 0.6 is 12.4 Å². The Bertz CT molecular complexity index is 451. The van der Waals surface area contributed by atoms with Crippen LogP contribution in [0.1, 0.15) is 45.4 Å². The molecular formula is C17H29ClN2O3. The molecule has 1 amide bonds. The summed E-state index contributed by atoms with van der Waals surface area (Å²) < 4.78 is 11.2. The Labute approximate surface area is 144 Å². The van der Waals surface area contributed by atoms with Crippen molar-refractivity contribution in [2.75, 3.05) is 19.8 Å². The second-order valence-corrected chi connectivity index (χ2v) is 6.58. The van der Waals surface area contributed by atoms with Crippen LogP contribution in [0.15, 0.2) is 22.8 Å². The number of carbonyl (C=O) groups excluding carboxylic acids is 1. The number of hydrogen-bond acceptors (Lipinski definition) is 4. The summed E-state index contributed by atoms with van der Waals surface area (Å²) in [5.74, 6) is 1.39. The van der Waals surface area contributed by atoms with Crippen LogP contribution < -0.4 is 10.6 Å². The highest BCUT2D eigenvalue weighted by atomic mass is 35.5. The molecule has 0 aliphatic carbocycles. The van der Waals surface area contributed by atoms with E-state index in [9.17, 15) is 4.79 Å². The van der Waals surface area contributed by atoms with Crippen LogP contribution in [0.5, 0.6) is 0 Å². The van der Waals surface area contributed by atoms with E-state index in [0.717, 1.165) is 25.1 Å². The molecule has 0 bridgehead atoms. The molecule has 1 unspecified atom stereocenters. The van der Waals surface area contributed by atoms with Crippen molar-refractivity contribution in [2.45, 2.75) is 45.7 Å². The minimum absolute atomic E-state index is 0. The summed E-state index contributed by atoms with van der Waals surface area (Å²) in [4.78, 5) is 12.5. The van der Waals surface area contributed by atoms with Gasteiger partial charge in [0.15, 0.2) is 0 Å². The van der Waals surface area contributed by atoms with Gasteiger partial charge in [-0.1, -0.05) is 13.8 Å². The van der Waals surface area contributed by atoms with Crippen molar-refractivity contribution in [3.8, 4) is 0 Å². The summed E-state index contributed by atoms with van der Waals surface area (Å²) in [5, 5.41) is 6.47. The number of hydrogen-bond donors (Lipinski definition) is 2. The molecule has 1 aromatic heterocycles. The zero-order valence-corrected chi connectivity index (χ0v) is 15.0. The fourth-order valence-corrected chi connectivity index (χ4v) is 2.77. The molecule has 5 nitrogen and oxygen atoms in total. The average Bonchev–Trinajstić information content (AvgIpc) is 3.00. The zero-order valence-electron chi connectivity index (χ0n) is 14.2. The van der Waals surface area contributed by atoms with Crippen LogP contribution in [0.4, 0.5) is 0 Å². The first-order chi connectivity index (χ1) is 10.6. The summed E-state index contributed by atoms with van der Waals surface area (Å²) in [6, 6.07) is 3.90. The topological polar surface area (TPSA) is 63.5 Å². The molecule has 1 aliphatic heterocycles. The highest BCUT2D eigenvalue weighted by Gasteiger charge is 2.27. The lowest BCUT2D eigenvalue weighted by Crippen LogP contribution is -2.44. The molecule has 1 fully saturated rings. The minimum atomic E-state index is -0.216. The van der Waals surface area contributed by atoms with Gasteiger partial charge in [-0.05, 0) is 44.4 Å². The fourth-order valence-electron chi connectivity index (χ4n) is 2.77. The molecule has 0 aromatic carbocycles. The monoisotopic (exact) mass is 344 g/mol. The molecule has 1 saturated heterocycles. The molecule has 3 atom stereocenters. The molecular weight excluding hydrogens is 316 g/mol. The molecule has 2 rings (SSSR count). The molecule has 0 saturated carbocycles. The molecule has 2 N–H and O–H groups in total. The third-order valence-corrected chi connectivity index (χ3v) is 3.93. The molecule has 6 heteroatoms. The number of carbonyl (C=O) groups is 1. The van der Waals surface area contributed by atoms with Crippen molar-refractivity contribution in [2.24, 2.45) is 11.8 Å². The van der Waals surface area contributed by atoms with Gasteiger partial charge < -0.3 is 19.8 Å². The first kappa shape index (κ1) is 20.0. The van der Waals surface area contributed by atoms with Gasteiger partial charge in [-0.3, -0.25) is 4.79 Å². The minimum Gasteiger partial charge on any atom is -0.467 e. The highest BCUT2D eigenvalue weighted by molar-refractivity contribution is 5.85. The normalized spacial score (nSPS) is 22.4. The first-order valence-corrected chi connectivity index (χ1v) is 8.21. The van der Waals surface area contributed by atoms with Crippen molar-refractivity contribution < 1.29 is 13.9 Å². The Morgan fingerprint density at radius 3 is 2.87 bits per heavy atom. The number of amides is 1. The number of halogens is 1.